The molecule has 0 saturated carbocycles. The van der Waals surface area contributed by atoms with E-state index < -0.39 is 12.0 Å². The minimum absolute atomic E-state index is 0.199. The number of nitrogens with zero attached hydrogens (tertiary/aromatic N) is 1. The number of hydrogen-bond acceptors (Lipinski definition) is 3. The summed E-state index contributed by atoms with van der Waals surface area (Å²) in [6, 6.07) is 6.23. The van der Waals surface area contributed by atoms with E-state index in [2.05, 4.69) is 5.32 Å². The number of hydrogen-bond donors (Lipinski definition) is 2. The van der Waals surface area contributed by atoms with Gasteiger partial charge in [-0.2, -0.15) is 0 Å². The number of rotatable bonds is 6. The number of amides is 1. The van der Waals surface area contributed by atoms with E-state index in [1.807, 2.05) is 38.9 Å². The van der Waals surface area contributed by atoms with E-state index in [1.54, 1.807) is 18.2 Å². The molecular formula is C15H22N2O3. The first kappa shape index (κ1) is 16.0. The van der Waals surface area contributed by atoms with Gasteiger partial charge in [-0.05, 0) is 30.5 Å². The van der Waals surface area contributed by atoms with Crippen LogP contribution in [-0.2, 0) is 4.79 Å². The van der Waals surface area contributed by atoms with Crippen LogP contribution in [0.4, 0.5) is 5.69 Å². The van der Waals surface area contributed by atoms with E-state index in [0.717, 1.165) is 5.69 Å². The summed E-state index contributed by atoms with van der Waals surface area (Å²) in [5.41, 5.74) is 1.36. The van der Waals surface area contributed by atoms with Gasteiger partial charge in [0.25, 0.3) is 5.91 Å². The Kier molecular flexibility index (Phi) is 5.55. The first-order valence-electron chi connectivity index (χ1n) is 6.62. The van der Waals surface area contributed by atoms with Crippen LogP contribution in [0, 0.1) is 5.92 Å². The highest BCUT2D eigenvalue weighted by molar-refractivity contribution is 5.97. The van der Waals surface area contributed by atoms with Gasteiger partial charge in [-0.25, -0.2) is 4.79 Å². The zero-order valence-corrected chi connectivity index (χ0v) is 12.4. The van der Waals surface area contributed by atoms with Gasteiger partial charge in [0.2, 0.25) is 0 Å². The number of benzene rings is 1. The summed E-state index contributed by atoms with van der Waals surface area (Å²) >= 11 is 0. The van der Waals surface area contributed by atoms with E-state index in [9.17, 15) is 9.59 Å². The number of nitrogens with one attached hydrogen (secondary N) is 1. The van der Waals surface area contributed by atoms with Crippen LogP contribution in [0.15, 0.2) is 24.3 Å². The second kappa shape index (κ2) is 6.93. The lowest BCUT2D eigenvalue weighted by Crippen LogP contribution is -2.41. The molecular weight excluding hydrogens is 256 g/mol. The molecule has 1 rings (SSSR count). The number of carboxylic acids is 1. The summed E-state index contributed by atoms with van der Waals surface area (Å²) in [6.07, 6.45) is 0.411. The molecule has 0 saturated heterocycles. The summed E-state index contributed by atoms with van der Waals surface area (Å²) < 4.78 is 0. The lowest BCUT2D eigenvalue weighted by molar-refractivity contribution is -0.139. The van der Waals surface area contributed by atoms with Gasteiger partial charge in [0, 0.05) is 25.3 Å². The molecule has 0 aromatic heterocycles. The Morgan fingerprint density at radius 3 is 2.45 bits per heavy atom. The number of carbonyl (C=O) groups is 2. The molecule has 1 amide bonds. The predicted molar refractivity (Wildman–Crippen MR) is 79.1 cm³/mol. The Morgan fingerprint density at radius 1 is 1.30 bits per heavy atom. The van der Waals surface area contributed by atoms with Gasteiger partial charge in [0.15, 0.2) is 0 Å². The number of anilines is 1. The van der Waals surface area contributed by atoms with Gasteiger partial charge in [0.1, 0.15) is 6.04 Å². The summed E-state index contributed by atoms with van der Waals surface area (Å²) in [7, 11) is 3.77. The van der Waals surface area contributed by atoms with Crippen LogP contribution >= 0.6 is 0 Å². The van der Waals surface area contributed by atoms with Crippen molar-refractivity contribution in [3.05, 3.63) is 29.8 Å². The third-order valence-corrected chi connectivity index (χ3v) is 2.94. The fourth-order valence-corrected chi connectivity index (χ4v) is 1.86. The van der Waals surface area contributed by atoms with Crippen molar-refractivity contribution < 1.29 is 14.7 Å². The highest BCUT2D eigenvalue weighted by Gasteiger charge is 2.21. The lowest BCUT2D eigenvalue weighted by Gasteiger charge is -2.17. The third-order valence-electron chi connectivity index (χ3n) is 2.94. The molecule has 0 aliphatic heterocycles. The Labute approximate surface area is 119 Å². The van der Waals surface area contributed by atoms with E-state index in [1.165, 1.54) is 0 Å². The average molecular weight is 278 g/mol. The SMILES string of the molecule is CC(C)C[C@H](NC(=O)c1cccc(N(C)C)c1)C(=O)O. The first-order valence-corrected chi connectivity index (χ1v) is 6.62. The fourth-order valence-electron chi connectivity index (χ4n) is 1.86. The molecule has 0 spiro atoms. The maximum Gasteiger partial charge on any atom is 0.326 e. The summed E-state index contributed by atoms with van der Waals surface area (Å²) in [6.45, 7) is 3.85. The van der Waals surface area contributed by atoms with Crippen molar-refractivity contribution in [1.29, 1.82) is 0 Å². The van der Waals surface area contributed by atoms with Crippen LogP contribution in [0.5, 0.6) is 0 Å². The predicted octanol–water partition coefficient (Wildman–Crippen LogP) is 1.98. The summed E-state index contributed by atoms with van der Waals surface area (Å²) in [5.74, 6) is -1.16. The fraction of sp³-hybridized carbons (Fsp3) is 0.467. The van der Waals surface area contributed by atoms with Crippen LogP contribution in [0.25, 0.3) is 0 Å². The molecule has 1 atom stereocenters. The topological polar surface area (TPSA) is 69.6 Å². The van der Waals surface area contributed by atoms with Crippen molar-refractivity contribution in [2.24, 2.45) is 5.92 Å². The molecule has 0 heterocycles. The van der Waals surface area contributed by atoms with Gasteiger partial charge < -0.3 is 15.3 Å². The molecule has 110 valence electrons. The Balaban J connectivity index is 2.83. The zero-order chi connectivity index (χ0) is 15.3. The van der Waals surface area contributed by atoms with Crippen LogP contribution in [0.2, 0.25) is 0 Å². The molecule has 5 nitrogen and oxygen atoms in total. The van der Waals surface area contributed by atoms with Crippen molar-refractivity contribution >= 4 is 17.6 Å². The monoisotopic (exact) mass is 278 g/mol. The van der Waals surface area contributed by atoms with Crippen LogP contribution in [0.1, 0.15) is 30.6 Å². The van der Waals surface area contributed by atoms with E-state index in [0.29, 0.717) is 12.0 Å². The smallest absolute Gasteiger partial charge is 0.326 e. The van der Waals surface area contributed by atoms with Crippen molar-refractivity contribution in [3.63, 3.8) is 0 Å². The Morgan fingerprint density at radius 2 is 1.95 bits per heavy atom. The highest BCUT2D eigenvalue weighted by atomic mass is 16.4. The molecule has 20 heavy (non-hydrogen) atoms. The van der Waals surface area contributed by atoms with Gasteiger partial charge >= 0.3 is 5.97 Å². The van der Waals surface area contributed by atoms with Gasteiger partial charge in [0.05, 0.1) is 0 Å². The molecule has 1 aromatic carbocycles. The minimum Gasteiger partial charge on any atom is -0.480 e. The lowest BCUT2D eigenvalue weighted by atomic mass is 10.0. The molecule has 0 bridgehead atoms. The molecule has 0 unspecified atom stereocenters. The number of carboxylic acid groups (broad SMARTS) is 1. The molecule has 0 aliphatic rings. The van der Waals surface area contributed by atoms with Crippen molar-refractivity contribution in [1.82, 2.24) is 5.32 Å². The van der Waals surface area contributed by atoms with E-state index in [4.69, 9.17) is 5.11 Å². The first-order chi connectivity index (χ1) is 9.31. The second-order valence-electron chi connectivity index (χ2n) is 5.44. The summed E-state index contributed by atoms with van der Waals surface area (Å²) in [4.78, 5) is 25.2. The summed E-state index contributed by atoms with van der Waals surface area (Å²) in [5, 5.41) is 11.7. The minimum atomic E-state index is -1.00. The standard InChI is InChI=1S/C15H22N2O3/c1-10(2)8-13(15(19)20)16-14(18)11-6-5-7-12(9-11)17(3)4/h5-7,9-10,13H,8H2,1-4H3,(H,16,18)(H,19,20)/t13-/m0/s1. The second-order valence-corrected chi connectivity index (χ2v) is 5.44. The van der Waals surface area contributed by atoms with Gasteiger partial charge in [-0.1, -0.05) is 19.9 Å². The molecule has 2 N–H and O–H groups in total. The van der Waals surface area contributed by atoms with Crippen LogP contribution in [0.3, 0.4) is 0 Å². The maximum atomic E-state index is 12.1. The molecule has 1 aromatic rings. The Bertz CT molecular complexity index is 484. The highest BCUT2D eigenvalue weighted by Crippen LogP contribution is 2.14. The van der Waals surface area contributed by atoms with Crippen LogP contribution < -0.4 is 10.2 Å². The maximum absolute atomic E-state index is 12.1. The number of aliphatic carboxylic acids is 1. The molecule has 0 radical (unpaired) electrons. The van der Waals surface area contributed by atoms with Crippen LogP contribution in [-0.4, -0.2) is 37.1 Å². The molecule has 0 aliphatic carbocycles. The van der Waals surface area contributed by atoms with E-state index in [-0.39, 0.29) is 11.8 Å². The molecule has 0 fully saturated rings. The van der Waals surface area contributed by atoms with Crippen molar-refractivity contribution in [2.75, 3.05) is 19.0 Å². The van der Waals surface area contributed by atoms with Gasteiger partial charge in [-0.15, -0.1) is 0 Å². The zero-order valence-electron chi connectivity index (χ0n) is 12.4. The molecule has 5 heteroatoms. The quantitative estimate of drug-likeness (QED) is 0.835. The van der Waals surface area contributed by atoms with Crippen molar-refractivity contribution in [2.45, 2.75) is 26.3 Å². The number of carbonyl (C=O) groups excluding carboxylic acids is 1. The Hall–Kier alpha value is -2.04. The normalized spacial score (nSPS) is 12.1. The van der Waals surface area contributed by atoms with Gasteiger partial charge in [-0.3, -0.25) is 4.79 Å². The largest absolute Gasteiger partial charge is 0.480 e. The van der Waals surface area contributed by atoms with Crippen molar-refractivity contribution in [3.8, 4) is 0 Å². The third kappa shape index (κ3) is 4.57. The average Bonchev–Trinajstić information content (AvgIpc) is 2.37. The van der Waals surface area contributed by atoms with E-state index >= 15 is 0 Å².